The molecule has 224 valence electrons. The minimum Gasteiger partial charge on any atom is -0.478 e. The molecule has 0 radical (unpaired) electrons. The molecule has 1 amide bonds. The summed E-state index contributed by atoms with van der Waals surface area (Å²) in [7, 11) is 0. The van der Waals surface area contributed by atoms with E-state index in [2.05, 4.69) is 5.32 Å². The number of amides is 1. The van der Waals surface area contributed by atoms with Crippen LogP contribution in [0.4, 0.5) is 14.5 Å². The number of carbonyl (C=O) groups is 4. The number of carboxylic acid groups (broad SMARTS) is 1. The largest absolute Gasteiger partial charge is 0.478 e. The van der Waals surface area contributed by atoms with Crippen LogP contribution in [0.1, 0.15) is 36.6 Å². The van der Waals surface area contributed by atoms with Crippen molar-refractivity contribution in [2.24, 2.45) is 0 Å². The third kappa shape index (κ3) is 4.66. The van der Waals surface area contributed by atoms with Gasteiger partial charge in [-0.25, -0.2) is 13.6 Å². The molecule has 0 heterocycles. The zero-order chi connectivity index (χ0) is 32.1. The fraction of sp³-hybridized carbons (Fsp3) is 0.0270. The van der Waals surface area contributed by atoms with Gasteiger partial charge in [0.15, 0.2) is 5.78 Å². The molecule has 7 aromatic rings. The summed E-state index contributed by atoms with van der Waals surface area (Å²) < 4.78 is 32.3. The van der Waals surface area contributed by atoms with Crippen LogP contribution in [0.15, 0.2) is 97.1 Å². The minimum atomic E-state index is -1.21. The number of nitrogens with one attached hydrogen (secondary N) is 1. The molecule has 0 spiro atoms. The molecule has 0 bridgehead atoms. The number of ether oxygens (including phenoxy) is 1. The van der Waals surface area contributed by atoms with E-state index in [4.69, 9.17) is 4.74 Å². The summed E-state index contributed by atoms with van der Waals surface area (Å²) in [6.45, 7) is 0.265. The number of halogens is 2. The van der Waals surface area contributed by atoms with E-state index in [1.807, 2.05) is 0 Å². The fourth-order valence-corrected chi connectivity index (χ4v) is 6.22. The maximum atomic E-state index is 13.7. The molecule has 2 N–H and O–H groups in total. The second-order valence-corrected chi connectivity index (χ2v) is 10.8. The van der Waals surface area contributed by atoms with E-state index < -0.39 is 23.5 Å². The van der Waals surface area contributed by atoms with Crippen molar-refractivity contribution in [3.05, 3.63) is 131 Å². The lowest BCUT2D eigenvalue weighted by molar-refractivity contribution is -0.120. The van der Waals surface area contributed by atoms with Crippen LogP contribution in [0.25, 0.3) is 43.1 Å². The van der Waals surface area contributed by atoms with Crippen molar-refractivity contribution in [2.75, 3.05) is 5.32 Å². The van der Waals surface area contributed by atoms with Gasteiger partial charge >= 0.3 is 5.97 Å². The molecule has 0 saturated heterocycles. The highest BCUT2D eigenvalue weighted by Crippen LogP contribution is 2.45. The molecule has 0 aromatic heterocycles. The van der Waals surface area contributed by atoms with Crippen LogP contribution >= 0.6 is 0 Å². The van der Waals surface area contributed by atoms with E-state index in [0.29, 0.717) is 49.0 Å². The average Bonchev–Trinajstić information content (AvgIpc) is 3.05. The molecule has 0 aliphatic carbocycles. The average molecular weight is 614 g/mol. The summed E-state index contributed by atoms with van der Waals surface area (Å²) >= 11 is 0. The highest BCUT2D eigenvalue weighted by atomic mass is 19.1. The minimum absolute atomic E-state index is 0.0565. The Bertz CT molecular complexity index is 2360. The molecule has 7 aromatic carbocycles. The van der Waals surface area contributed by atoms with E-state index in [9.17, 15) is 33.1 Å². The number of benzene rings is 7. The molecule has 9 heteroatoms. The van der Waals surface area contributed by atoms with Crippen LogP contribution in [-0.2, 0) is 11.2 Å². The Labute approximate surface area is 259 Å². The molecule has 7 nitrogen and oxygen atoms in total. The summed E-state index contributed by atoms with van der Waals surface area (Å²) in [4.78, 5) is 51.2. The summed E-state index contributed by atoms with van der Waals surface area (Å²) in [5.41, 5.74) is 1.28. The summed E-state index contributed by atoms with van der Waals surface area (Å²) in [6.07, 6.45) is -0.0664. The van der Waals surface area contributed by atoms with Gasteiger partial charge < -0.3 is 15.2 Å². The van der Waals surface area contributed by atoms with E-state index >= 15 is 0 Å². The van der Waals surface area contributed by atoms with E-state index in [1.165, 1.54) is 54.6 Å². The van der Waals surface area contributed by atoms with Crippen LogP contribution in [-0.4, -0.2) is 29.2 Å². The monoisotopic (exact) mass is 613 g/mol. The fourth-order valence-electron chi connectivity index (χ4n) is 6.22. The van der Waals surface area contributed by atoms with Crippen molar-refractivity contribution < 1.29 is 37.8 Å². The van der Waals surface area contributed by atoms with Gasteiger partial charge in [-0.3, -0.25) is 14.4 Å². The highest BCUT2D eigenvalue weighted by Gasteiger charge is 2.25. The first-order chi connectivity index (χ1) is 22.2. The van der Waals surface area contributed by atoms with Crippen molar-refractivity contribution in [2.45, 2.75) is 6.42 Å². The topological polar surface area (TPSA) is 110 Å². The standard InChI is InChI=1S/C37H21F2NO6/c38-20-3-1-19(2-4-20)17-30(42)27-12-9-23-26-15-16-31(46-18-41)35-28(36(43)40-22-7-5-21(39)6-8-22)13-10-25(33(26)35)24-11-14-29(37(44)45)34(27)32(23)24/h1-16,18H,17H2,(H,40,43)(H,44,45). The number of rotatable bonds is 8. The zero-order valence-electron chi connectivity index (χ0n) is 23.8. The van der Waals surface area contributed by atoms with E-state index in [1.54, 1.807) is 42.5 Å². The van der Waals surface area contributed by atoms with Crippen LogP contribution in [0.5, 0.6) is 5.75 Å². The smallest absolute Gasteiger partial charge is 0.336 e. The van der Waals surface area contributed by atoms with E-state index in [0.717, 1.165) is 0 Å². The normalized spacial score (nSPS) is 11.3. The van der Waals surface area contributed by atoms with Gasteiger partial charge in [-0.2, -0.15) is 0 Å². The van der Waals surface area contributed by atoms with Gasteiger partial charge in [0.05, 0.1) is 11.1 Å². The number of hydrogen-bond donors (Lipinski definition) is 2. The maximum Gasteiger partial charge on any atom is 0.336 e. The predicted molar refractivity (Wildman–Crippen MR) is 170 cm³/mol. The maximum absolute atomic E-state index is 13.7. The van der Waals surface area contributed by atoms with Crippen LogP contribution in [0, 0.1) is 11.6 Å². The third-order valence-corrected chi connectivity index (χ3v) is 8.19. The second-order valence-electron chi connectivity index (χ2n) is 10.8. The SMILES string of the molecule is O=COc1ccc2c3ccc(C(=O)Cc4ccc(F)cc4)c4c(C(=O)O)ccc(c5ccc(C(=O)Nc6ccc(F)cc6)c1c52)c43. The second kappa shape index (κ2) is 11.0. The summed E-state index contributed by atoms with van der Waals surface area (Å²) in [5, 5.41) is 17.2. The van der Waals surface area contributed by atoms with Crippen molar-refractivity contribution in [3.63, 3.8) is 0 Å². The Kier molecular flexibility index (Phi) is 6.86. The molecule has 7 rings (SSSR count). The highest BCUT2D eigenvalue weighted by molar-refractivity contribution is 6.38. The number of hydrogen-bond acceptors (Lipinski definition) is 5. The molecule has 0 aliphatic rings. The molecular weight excluding hydrogens is 592 g/mol. The van der Waals surface area contributed by atoms with Crippen molar-refractivity contribution in [1.29, 1.82) is 0 Å². The van der Waals surface area contributed by atoms with Gasteiger partial charge in [-0.05, 0) is 93.2 Å². The first-order valence-corrected chi connectivity index (χ1v) is 14.1. The molecule has 0 saturated carbocycles. The Hall–Kier alpha value is -6.22. The predicted octanol–water partition coefficient (Wildman–Crippen LogP) is 7.93. The van der Waals surface area contributed by atoms with Crippen molar-refractivity contribution >= 4 is 72.9 Å². The Morgan fingerprint density at radius 3 is 1.74 bits per heavy atom. The lowest BCUT2D eigenvalue weighted by atomic mass is 9.84. The molecule has 46 heavy (non-hydrogen) atoms. The lowest BCUT2D eigenvalue weighted by Gasteiger charge is -2.20. The molecule has 0 unspecified atom stereocenters. The summed E-state index contributed by atoms with van der Waals surface area (Å²) in [6, 6.07) is 23.8. The van der Waals surface area contributed by atoms with Crippen molar-refractivity contribution in [3.8, 4) is 5.75 Å². The molecule has 0 atom stereocenters. The number of ketones is 1. The number of Topliss-reactive ketones (excluding diaryl/α,β-unsaturated/α-hetero) is 1. The first-order valence-electron chi connectivity index (χ1n) is 14.1. The van der Waals surface area contributed by atoms with Gasteiger partial charge in [0.1, 0.15) is 17.4 Å². The number of aromatic carboxylic acids is 1. The molecule has 0 fully saturated rings. The quantitative estimate of drug-likeness (QED) is 0.0780. The number of carbonyl (C=O) groups excluding carboxylic acids is 3. The van der Waals surface area contributed by atoms with E-state index in [-0.39, 0.29) is 46.5 Å². The first kappa shape index (κ1) is 28.5. The number of fused-ring (bicyclic) bond motifs is 2. The van der Waals surface area contributed by atoms with Crippen LogP contribution in [0.3, 0.4) is 0 Å². The van der Waals surface area contributed by atoms with Gasteiger partial charge in [0.2, 0.25) is 0 Å². The number of anilines is 1. The van der Waals surface area contributed by atoms with Gasteiger partial charge in [0.25, 0.3) is 12.4 Å². The molecule has 0 aliphatic heterocycles. The number of carboxylic acids is 1. The Morgan fingerprint density at radius 2 is 1.15 bits per heavy atom. The van der Waals surface area contributed by atoms with Crippen LogP contribution < -0.4 is 10.1 Å². The van der Waals surface area contributed by atoms with Crippen molar-refractivity contribution in [1.82, 2.24) is 0 Å². The van der Waals surface area contributed by atoms with Gasteiger partial charge in [-0.1, -0.05) is 36.4 Å². The molecular formula is C37H21F2NO6. The van der Waals surface area contributed by atoms with Crippen LogP contribution in [0.2, 0.25) is 0 Å². The zero-order valence-corrected chi connectivity index (χ0v) is 23.8. The Balaban J connectivity index is 1.50. The van der Waals surface area contributed by atoms with Gasteiger partial charge in [-0.15, -0.1) is 0 Å². The summed E-state index contributed by atoms with van der Waals surface area (Å²) in [5.74, 6) is -2.83. The lowest BCUT2D eigenvalue weighted by Crippen LogP contribution is -2.13. The third-order valence-electron chi connectivity index (χ3n) is 8.19. The Morgan fingerprint density at radius 1 is 0.630 bits per heavy atom. The van der Waals surface area contributed by atoms with Gasteiger partial charge in [0, 0.05) is 33.8 Å².